The number of carboxylic acids is 1. The van der Waals surface area contributed by atoms with Crippen molar-refractivity contribution in [2.45, 2.75) is 10.9 Å². The van der Waals surface area contributed by atoms with Crippen molar-refractivity contribution in [2.75, 3.05) is 12.0 Å². The number of methoxy groups -OCH3 is 1. The van der Waals surface area contributed by atoms with E-state index < -0.39 is 38.4 Å². The number of rotatable bonds is 6. The zero-order valence-corrected chi connectivity index (χ0v) is 18.2. The number of hydrogen-bond donors (Lipinski definition) is 2. The molecule has 1 amide bonds. The van der Waals surface area contributed by atoms with Gasteiger partial charge in [-0.3, -0.25) is 9.69 Å². The van der Waals surface area contributed by atoms with Crippen LogP contribution in [-0.2, 0) is 14.6 Å². The topological polar surface area (TPSA) is 121 Å². The highest BCUT2D eigenvalue weighted by atomic mass is 32.2. The van der Waals surface area contributed by atoms with Crippen molar-refractivity contribution in [1.82, 2.24) is 0 Å². The molecule has 1 unspecified atom stereocenters. The van der Waals surface area contributed by atoms with Crippen LogP contribution in [0.25, 0.3) is 0 Å². The molecule has 0 radical (unpaired) electrons. The van der Waals surface area contributed by atoms with Crippen LogP contribution in [0.2, 0.25) is 0 Å². The van der Waals surface area contributed by atoms with E-state index in [0.717, 1.165) is 0 Å². The van der Waals surface area contributed by atoms with Crippen molar-refractivity contribution >= 4 is 27.4 Å². The molecule has 1 atom stereocenters. The number of carboxylic acid groups (broad SMARTS) is 1. The maximum atomic E-state index is 13.5. The Morgan fingerprint density at radius 2 is 1.55 bits per heavy atom. The Bertz CT molecular complexity index is 1350. The first-order chi connectivity index (χ1) is 15.8. The number of anilines is 1. The van der Waals surface area contributed by atoms with E-state index in [1.54, 1.807) is 42.5 Å². The second-order valence-electron chi connectivity index (χ2n) is 7.23. The maximum Gasteiger partial charge on any atom is 0.335 e. The first-order valence-electron chi connectivity index (χ1n) is 9.80. The molecule has 1 aliphatic rings. The van der Waals surface area contributed by atoms with Crippen molar-refractivity contribution in [3.63, 3.8) is 0 Å². The zero-order valence-electron chi connectivity index (χ0n) is 17.4. The molecule has 3 aromatic rings. The fourth-order valence-electron chi connectivity index (χ4n) is 3.70. The first kappa shape index (κ1) is 22.1. The number of benzene rings is 3. The summed E-state index contributed by atoms with van der Waals surface area (Å²) in [6.45, 7) is 0. The van der Waals surface area contributed by atoms with Crippen LogP contribution < -0.4 is 9.64 Å². The fourth-order valence-corrected chi connectivity index (χ4v) is 5.35. The van der Waals surface area contributed by atoms with Gasteiger partial charge in [0.15, 0.2) is 5.76 Å². The van der Waals surface area contributed by atoms with Crippen molar-refractivity contribution in [3.8, 4) is 5.75 Å². The van der Waals surface area contributed by atoms with Crippen molar-refractivity contribution in [1.29, 1.82) is 0 Å². The highest BCUT2D eigenvalue weighted by Gasteiger charge is 2.47. The predicted molar refractivity (Wildman–Crippen MR) is 120 cm³/mol. The quantitative estimate of drug-likeness (QED) is 0.569. The van der Waals surface area contributed by atoms with Gasteiger partial charge in [0, 0.05) is 5.69 Å². The van der Waals surface area contributed by atoms with E-state index in [2.05, 4.69) is 0 Å². The second-order valence-corrected chi connectivity index (χ2v) is 9.15. The van der Waals surface area contributed by atoms with Crippen LogP contribution in [0.1, 0.15) is 22.0 Å². The maximum absolute atomic E-state index is 13.5. The molecule has 3 aromatic carbocycles. The fraction of sp³-hybridized carbons (Fsp3) is 0.0833. The molecule has 0 saturated heterocycles. The third-order valence-electron chi connectivity index (χ3n) is 5.33. The molecule has 0 fully saturated rings. The molecule has 2 N–H and O–H groups in total. The van der Waals surface area contributed by atoms with E-state index in [4.69, 9.17) is 4.74 Å². The van der Waals surface area contributed by atoms with Crippen LogP contribution in [0, 0.1) is 0 Å². The van der Waals surface area contributed by atoms with Gasteiger partial charge < -0.3 is 14.9 Å². The minimum atomic E-state index is -4.27. The lowest BCUT2D eigenvalue weighted by atomic mass is 10.0. The smallest absolute Gasteiger partial charge is 0.335 e. The second kappa shape index (κ2) is 8.44. The summed E-state index contributed by atoms with van der Waals surface area (Å²) in [5.74, 6) is -2.39. The molecule has 9 heteroatoms. The van der Waals surface area contributed by atoms with E-state index >= 15 is 0 Å². The normalized spacial score (nSPS) is 16.2. The average molecular weight is 465 g/mol. The molecular weight excluding hydrogens is 446 g/mol. The number of sulfone groups is 1. The van der Waals surface area contributed by atoms with Gasteiger partial charge in [-0.15, -0.1) is 0 Å². The number of carbonyl (C=O) groups excluding carboxylic acids is 1. The number of aliphatic hydroxyl groups is 1. The highest BCUT2D eigenvalue weighted by molar-refractivity contribution is 7.95. The third kappa shape index (κ3) is 3.83. The number of aliphatic hydroxyl groups excluding tert-OH is 1. The summed E-state index contributed by atoms with van der Waals surface area (Å²) in [7, 11) is -2.79. The molecule has 1 aliphatic heterocycles. The van der Waals surface area contributed by atoms with Crippen LogP contribution in [0.4, 0.5) is 5.69 Å². The van der Waals surface area contributed by atoms with E-state index in [9.17, 15) is 28.2 Å². The lowest BCUT2D eigenvalue weighted by Crippen LogP contribution is -2.31. The number of nitrogens with zero attached hydrogens (tertiary/aromatic N) is 1. The standard InChI is InChI=1S/C24H19NO7S/c1-32-18-13-11-17(12-14-18)25-20(15-7-9-16(10-8-15)24(28)29)22(21(26)23(25)27)33(30,31)19-5-3-2-4-6-19/h2-14,20,26H,1H3,(H,28,29). The summed E-state index contributed by atoms with van der Waals surface area (Å²) in [6.07, 6.45) is 0. The Morgan fingerprint density at radius 1 is 0.939 bits per heavy atom. The van der Waals surface area contributed by atoms with Gasteiger partial charge >= 0.3 is 5.97 Å². The van der Waals surface area contributed by atoms with E-state index in [1.165, 1.54) is 48.4 Å². The number of amides is 1. The number of hydrogen-bond acceptors (Lipinski definition) is 6. The Morgan fingerprint density at radius 3 is 2.09 bits per heavy atom. The van der Waals surface area contributed by atoms with E-state index in [1.807, 2.05) is 0 Å². The Kier molecular flexibility index (Phi) is 5.65. The van der Waals surface area contributed by atoms with Crippen LogP contribution >= 0.6 is 0 Å². The number of ether oxygens (including phenoxy) is 1. The van der Waals surface area contributed by atoms with Gasteiger partial charge in [0.25, 0.3) is 5.91 Å². The molecule has 8 nitrogen and oxygen atoms in total. The summed E-state index contributed by atoms with van der Waals surface area (Å²) in [5, 5.41) is 20.0. The van der Waals surface area contributed by atoms with Gasteiger partial charge in [0.05, 0.1) is 17.6 Å². The third-order valence-corrected chi connectivity index (χ3v) is 7.22. The predicted octanol–water partition coefficient (Wildman–Crippen LogP) is 3.72. The summed E-state index contributed by atoms with van der Waals surface area (Å²) >= 11 is 0. The van der Waals surface area contributed by atoms with Gasteiger partial charge in [0.2, 0.25) is 9.84 Å². The van der Waals surface area contributed by atoms with Crippen LogP contribution in [0.3, 0.4) is 0 Å². The van der Waals surface area contributed by atoms with Gasteiger partial charge in [-0.25, -0.2) is 13.2 Å². The highest BCUT2D eigenvalue weighted by Crippen LogP contribution is 2.45. The van der Waals surface area contributed by atoms with Crippen LogP contribution in [0.5, 0.6) is 5.75 Å². The molecule has 1 heterocycles. The van der Waals surface area contributed by atoms with E-state index in [-0.39, 0.29) is 10.5 Å². The lowest BCUT2D eigenvalue weighted by molar-refractivity contribution is -0.117. The molecule has 0 aromatic heterocycles. The summed E-state index contributed by atoms with van der Waals surface area (Å²) in [4.78, 5) is 25.0. The Labute approximate surface area is 189 Å². The van der Waals surface area contributed by atoms with Gasteiger partial charge in [-0.2, -0.15) is 0 Å². The van der Waals surface area contributed by atoms with E-state index in [0.29, 0.717) is 17.0 Å². The molecule has 4 rings (SSSR count). The van der Waals surface area contributed by atoms with Crippen molar-refractivity contribution < 1.29 is 33.0 Å². The molecular formula is C24H19NO7S. The molecule has 33 heavy (non-hydrogen) atoms. The summed E-state index contributed by atoms with van der Waals surface area (Å²) in [6, 6.07) is 18.1. The zero-order chi connectivity index (χ0) is 23.8. The number of carbonyl (C=O) groups is 2. The van der Waals surface area contributed by atoms with Crippen LogP contribution in [0.15, 0.2) is 94.4 Å². The molecule has 0 bridgehead atoms. The number of aromatic carboxylic acids is 1. The van der Waals surface area contributed by atoms with Gasteiger partial charge in [-0.05, 0) is 54.1 Å². The average Bonchev–Trinajstić information content (AvgIpc) is 3.10. The Balaban J connectivity index is 1.91. The largest absolute Gasteiger partial charge is 0.502 e. The Hall–Kier alpha value is -4.11. The monoisotopic (exact) mass is 465 g/mol. The minimum absolute atomic E-state index is 0.000242. The molecule has 0 aliphatic carbocycles. The summed E-state index contributed by atoms with van der Waals surface area (Å²) in [5.41, 5.74) is 0.653. The van der Waals surface area contributed by atoms with Crippen molar-refractivity contribution in [3.05, 3.63) is 101 Å². The SMILES string of the molecule is COc1ccc(N2C(=O)C(O)=C(S(=O)(=O)c3ccccc3)C2c2ccc(C(=O)O)cc2)cc1. The molecule has 0 saturated carbocycles. The van der Waals surface area contributed by atoms with Crippen LogP contribution in [-0.4, -0.2) is 37.6 Å². The summed E-state index contributed by atoms with van der Waals surface area (Å²) < 4.78 is 32.2. The van der Waals surface area contributed by atoms with Gasteiger partial charge in [0.1, 0.15) is 16.7 Å². The van der Waals surface area contributed by atoms with Gasteiger partial charge in [-0.1, -0.05) is 30.3 Å². The molecule has 168 valence electrons. The molecule has 0 spiro atoms. The lowest BCUT2D eigenvalue weighted by Gasteiger charge is -2.27. The first-order valence-corrected chi connectivity index (χ1v) is 11.3. The minimum Gasteiger partial charge on any atom is -0.502 e. The van der Waals surface area contributed by atoms with Crippen molar-refractivity contribution in [2.24, 2.45) is 0 Å².